The Bertz CT molecular complexity index is 1820. The Hall–Kier alpha value is -3.62. The Labute approximate surface area is 267 Å². The highest BCUT2D eigenvalue weighted by atomic mass is 35.5. The topological polar surface area (TPSA) is 114 Å². The molecule has 0 saturated heterocycles. The first-order valence-electron chi connectivity index (χ1n) is 13.8. The molecule has 8 nitrogen and oxygen atoms in total. The van der Waals surface area contributed by atoms with Crippen molar-refractivity contribution in [2.75, 3.05) is 4.90 Å². The number of nitrogens with two attached hydrogens (primary N) is 1. The normalized spacial score (nSPS) is 17.1. The summed E-state index contributed by atoms with van der Waals surface area (Å²) in [6.45, 7) is 4.55. The number of ketones is 1. The molecule has 0 bridgehead atoms. The number of thioether (sulfide) groups is 1. The van der Waals surface area contributed by atoms with Crippen LogP contribution in [0.3, 0.4) is 0 Å². The molecule has 2 aromatic heterocycles. The van der Waals surface area contributed by atoms with E-state index in [1.165, 1.54) is 11.3 Å². The van der Waals surface area contributed by atoms with E-state index in [1.807, 2.05) is 42.6 Å². The number of carbonyl (C=O) groups excluding carboxylic acids is 1. The number of hydrogen-bond donors (Lipinski definition) is 1. The quantitative estimate of drug-likeness (QED) is 0.204. The lowest BCUT2D eigenvalue weighted by atomic mass is 9.75. The Balaban J connectivity index is 1.52. The fourth-order valence-electron chi connectivity index (χ4n) is 5.53. The van der Waals surface area contributed by atoms with Gasteiger partial charge in [-0.15, -0.1) is 10.2 Å². The predicted molar refractivity (Wildman–Crippen MR) is 172 cm³/mol. The number of benzene rings is 2. The molecule has 43 heavy (non-hydrogen) atoms. The molecule has 0 saturated carbocycles. The van der Waals surface area contributed by atoms with Crippen molar-refractivity contribution in [1.82, 2.24) is 20.0 Å². The number of nitriles is 1. The first-order chi connectivity index (χ1) is 20.7. The smallest absolute Gasteiger partial charge is 0.219 e. The molecule has 4 aromatic rings. The lowest BCUT2D eigenvalue weighted by Gasteiger charge is -2.37. The van der Waals surface area contributed by atoms with Crippen LogP contribution in [-0.4, -0.2) is 31.0 Å². The van der Waals surface area contributed by atoms with Gasteiger partial charge in [0, 0.05) is 50.3 Å². The predicted octanol–water partition coefficient (Wildman–Crippen LogP) is 7.56. The molecule has 0 radical (unpaired) electrons. The zero-order chi connectivity index (χ0) is 30.2. The van der Waals surface area contributed by atoms with Gasteiger partial charge in [0.1, 0.15) is 5.82 Å². The van der Waals surface area contributed by atoms with Crippen LogP contribution >= 0.6 is 46.3 Å². The Morgan fingerprint density at radius 3 is 2.67 bits per heavy atom. The fourth-order valence-corrected chi connectivity index (χ4v) is 8.10. The number of halogens is 2. The zero-order valence-electron chi connectivity index (χ0n) is 23.4. The monoisotopic (exact) mass is 647 g/mol. The molecule has 0 amide bonds. The van der Waals surface area contributed by atoms with Crippen LogP contribution in [0.4, 0.5) is 5.13 Å². The largest absolute Gasteiger partial charge is 0.384 e. The number of Topliss-reactive ketones (excluding diaryl/α,β-unsaturated/α-hetero) is 1. The highest BCUT2D eigenvalue weighted by molar-refractivity contribution is 8.01. The first kappa shape index (κ1) is 29.5. The zero-order valence-corrected chi connectivity index (χ0v) is 26.6. The number of carbonyl (C=O) groups is 1. The molecule has 2 aromatic carbocycles. The molecule has 1 atom stereocenters. The maximum absolute atomic E-state index is 13.8. The minimum absolute atomic E-state index is 0.00898. The average molecular weight is 649 g/mol. The van der Waals surface area contributed by atoms with Gasteiger partial charge in [0.25, 0.3) is 0 Å². The summed E-state index contributed by atoms with van der Waals surface area (Å²) < 4.78 is 2.59. The Morgan fingerprint density at radius 2 is 1.95 bits per heavy atom. The molecule has 0 spiro atoms. The van der Waals surface area contributed by atoms with Crippen LogP contribution in [0.15, 0.2) is 81.7 Å². The Kier molecular flexibility index (Phi) is 8.34. The van der Waals surface area contributed by atoms with E-state index in [0.717, 1.165) is 26.7 Å². The first-order valence-corrected chi connectivity index (χ1v) is 16.2. The van der Waals surface area contributed by atoms with Crippen LogP contribution in [-0.2, 0) is 11.3 Å². The summed E-state index contributed by atoms with van der Waals surface area (Å²) in [4.78, 5) is 15.5. The van der Waals surface area contributed by atoms with Gasteiger partial charge in [0.15, 0.2) is 10.1 Å². The number of nitrogens with zero attached hydrogens (tertiary/aromatic N) is 6. The summed E-state index contributed by atoms with van der Waals surface area (Å²) in [5, 5.41) is 26.3. The van der Waals surface area contributed by atoms with Crippen LogP contribution in [0.1, 0.15) is 50.2 Å². The van der Waals surface area contributed by atoms with Gasteiger partial charge < -0.3 is 5.73 Å². The second kappa shape index (κ2) is 12.2. The summed E-state index contributed by atoms with van der Waals surface area (Å²) in [6.07, 6.45) is 3.59. The van der Waals surface area contributed by atoms with Crippen LogP contribution < -0.4 is 10.6 Å². The Morgan fingerprint density at radius 1 is 1.16 bits per heavy atom. The molecule has 2 N–H and O–H groups in total. The van der Waals surface area contributed by atoms with Crippen molar-refractivity contribution in [3.8, 4) is 17.3 Å². The van der Waals surface area contributed by atoms with Crippen LogP contribution in [0.5, 0.6) is 0 Å². The molecule has 0 unspecified atom stereocenters. The number of hydrogen-bond acceptors (Lipinski definition) is 9. The molecular formula is C31H27Cl2N7OS2. The van der Waals surface area contributed by atoms with Gasteiger partial charge in [-0.05, 0) is 30.5 Å². The molecule has 3 heterocycles. The maximum Gasteiger partial charge on any atom is 0.219 e. The summed E-state index contributed by atoms with van der Waals surface area (Å²) in [7, 11) is 0. The van der Waals surface area contributed by atoms with Gasteiger partial charge in [0.2, 0.25) is 5.13 Å². The van der Waals surface area contributed by atoms with E-state index in [-0.39, 0.29) is 17.2 Å². The number of anilines is 1. The number of allylic oxidation sites excluding steroid dienone is 3. The lowest BCUT2D eigenvalue weighted by Crippen LogP contribution is -2.38. The summed E-state index contributed by atoms with van der Waals surface area (Å²) in [5.74, 6) is -0.442. The van der Waals surface area contributed by atoms with E-state index in [1.54, 1.807) is 33.5 Å². The second-order valence-corrected chi connectivity index (χ2v) is 14.2. The van der Waals surface area contributed by atoms with Crippen molar-refractivity contribution in [3.05, 3.63) is 98.6 Å². The van der Waals surface area contributed by atoms with Crippen molar-refractivity contribution in [3.63, 3.8) is 0 Å². The number of aromatic nitrogens is 4. The van der Waals surface area contributed by atoms with Crippen LogP contribution in [0.2, 0.25) is 10.0 Å². The van der Waals surface area contributed by atoms with Gasteiger partial charge in [-0.25, -0.2) is 0 Å². The molecule has 12 heteroatoms. The van der Waals surface area contributed by atoms with E-state index in [0.29, 0.717) is 57.5 Å². The van der Waals surface area contributed by atoms with E-state index in [9.17, 15) is 10.1 Å². The SMILES string of the molecule is CC(C)Sc1nnc(N2C(N)=C(C#N)[C@H](c3cn(Cc4ccc(Cl)cc4Cl)nc3-c3ccccc3)C3=C2CCCC3=O)s1. The lowest BCUT2D eigenvalue weighted by molar-refractivity contribution is -0.116. The average Bonchev–Trinajstić information content (AvgIpc) is 3.61. The molecule has 0 fully saturated rings. The summed E-state index contributed by atoms with van der Waals surface area (Å²) in [5.41, 5.74) is 11.5. The molecule has 1 aliphatic heterocycles. The molecule has 1 aliphatic carbocycles. The van der Waals surface area contributed by atoms with Gasteiger partial charge in [-0.1, -0.05) is 96.5 Å². The maximum atomic E-state index is 13.8. The molecule has 6 rings (SSSR count). The molecule has 218 valence electrons. The van der Waals surface area contributed by atoms with Crippen LogP contribution in [0.25, 0.3) is 11.3 Å². The third-order valence-electron chi connectivity index (χ3n) is 7.33. The minimum Gasteiger partial charge on any atom is -0.384 e. The molecular weight excluding hydrogens is 621 g/mol. The summed E-state index contributed by atoms with van der Waals surface area (Å²) >= 11 is 15.7. The van der Waals surface area contributed by atoms with Gasteiger partial charge in [0.05, 0.1) is 29.8 Å². The van der Waals surface area contributed by atoms with E-state index < -0.39 is 5.92 Å². The highest BCUT2D eigenvalue weighted by Gasteiger charge is 2.43. The number of rotatable bonds is 7. The van der Waals surface area contributed by atoms with Crippen LogP contribution in [0, 0.1) is 11.3 Å². The summed E-state index contributed by atoms with van der Waals surface area (Å²) in [6, 6.07) is 17.4. The fraction of sp³-hybridized carbons (Fsp3) is 0.258. The third-order valence-corrected chi connectivity index (χ3v) is 9.92. The van der Waals surface area contributed by atoms with Crippen molar-refractivity contribution < 1.29 is 4.79 Å². The van der Waals surface area contributed by atoms with E-state index in [2.05, 4.69) is 30.1 Å². The van der Waals surface area contributed by atoms with Crippen molar-refractivity contribution in [2.24, 2.45) is 5.73 Å². The highest BCUT2D eigenvalue weighted by Crippen LogP contribution is 2.49. The second-order valence-electron chi connectivity index (χ2n) is 10.6. The standard InChI is InChI=1S/C31H27Cl2N7OS2/c1-17(2)42-31-37-36-30(43-31)40-24-9-6-10-25(41)27(24)26(21(14-34)29(40)35)22-16-39(15-19-11-12-20(32)13-23(19)33)38-28(22)18-7-4-3-5-8-18/h3-5,7-8,11-13,16-17,26H,6,9-10,15,35H2,1-2H3/t26-/m1/s1. The third kappa shape index (κ3) is 5.70. The van der Waals surface area contributed by atoms with Gasteiger partial charge in [-0.3, -0.25) is 14.4 Å². The van der Waals surface area contributed by atoms with Gasteiger partial charge in [-0.2, -0.15) is 10.4 Å². The molecule has 2 aliphatic rings. The van der Waals surface area contributed by atoms with E-state index in [4.69, 9.17) is 34.0 Å². The van der Waals surface area contributed by atoms with E-state index >= 15 is 0 Å². The van der Waals surface area contributed by atoms with Crippen molar-refractivity contribution in [1.29, 1.82) is 5.26 Å². The van der Waals surface area contributed by atoms with Crippen molar-refractivity contribution in [2.45, 2.75) is 55.2 Å². The van der Waals surface area contributed by atoms with Gasteiger partial charge >= 0.3 is 0 Å². The van der Waals surface area contributed by atoms with Crippen molar-refractivity contribution >= 4 is 57.2 Å². The minimum atomic E-state index is -0.689.